The first-order valence-corrected chi connectivity index (χ1v) is 4.82. The van der Waals surface area contributed by atoms with E-state index in [0.717, 1.165) is 27.4 Å². The maximum Gasteiger partial charge on any atom is 0.106 e. The largest absolute Gasteiger partial charge is 0.428 e. The molecule has 0 saturated heterocycles. The van der Waals surface area contributed by atoms with Gasteiger partial charge in [-0.3, -0.25) is 4.98 Å². The summed E-state index contributed by atoms with van der Waals surface area (Å²) in [5.74, 6) is 0. The molecule has 0 unspecified atom stereocenters. The zero-order valence-electron chi connectivity index (χ0n) is 8.31. The van der Waals surface area contributed by atoms with Crippen LogP contribution in [-0.2, 0) is 0 Å². The minimum Gasteiger partial charge on any atom is -0.428 e. The fraction of sp³-hybridized carbons (Fsp3) is 0.0833. The van der Waals surface area contributed by atoms with Crippen LogP contribution >= 0.6 is 0 Å². The summed E-state index contributed by atoms with van der Waals surface area (Å²) in [6, 6.07) is 7.80. The van der Waals surface area contributed by atoms with Crippen LogP contribution in [0.2, 0.25) is 0 Å². The second kappa shape index (κ2) is 2.73. The van der Waals surface area contributed by atoms with Gasteiger partial charge in [-0.25, -0.2) is 0 Å². The Labute approximate surface area is 86.5 Å². The lowest BCUT2D eigenvalue weighted by atomic mass is 10.1. The molecule has 0 aliphatic carbocycles. The molecule has 1 aromatic carbocycles. The van der Waals surface area contributed by atoms with Gasteiger partial charge in [0.15, 0.2) is 0 Å². The molecule has 0 spiro atoms. The number of nitrogens with zero attached hydrogens (tertiary/aromatic N) is 2. The summed E-state index contributed by atoms with van der Waals surface area (Å²) in [7, 11) is 0. The number of hydrogen-bond donors (Lipinski definition) is 1. The van der Waals surface area contributed by atoms with Crippen molar-refractivity contribution in [2.75, 3.05) is 0 Å². The van der Waals surface area contributed by atoms with Crippen LogP contribution in [-0.4, -0.2) is 14.9 Å². The van der Waals surface area contributed by atoms with Crippen LogP contribution < -0.4 is 0 Å². The lowest BCUT2D eigenvalue weighted by molar-refractivity contribution is 0.212. The number of para-hydroxylation sites is 1. The number of benzene rings is 1. The molecule has 15 heavy (non-hydrogen) atoms. The smallest absolute Gasteiger partial charge is 0.106 e. The average molecular weight is 198 g/mol. The van der Waals surface area contributed by atoms with Gasteiger partial charge in [-0.1, -0.05) is 18.2 Å². The third-order valence-electron chi connectivity index (χ3n) is 2.75. The van der Waals surface area contributed by atoms with Gasteiger partial charge in [0.2, 0.25) is 0 Å². The van der Waals surface area contributed by atoms with Crippen LogP contribution in [0.4, 0.5) is 0 Å². The number of pyridine rings is 1. The van der Waals surface area contributed by atoms with Crippen LogP contribution in [0, 0.1) is 6.92 Å². The molecular formula is C12H10N2O. The third-order valence-corrected chi connectivity index (χ3v) is 2.75. The van der Waals surface area contributed by atoms with Crippen molar-refractivity contribution in [3.8, 4) is 0 Å². The van der Waals surface area contributed by atoms with Crippen molar-refractivity contribution < 1.29 is 5.21 Å². The first-order chi connectivity index (χ1) is 7.29. The zero-order valence-corrected chi connectivity index (χ0v) is 8.31. The highest BCUT2D eigenvalue weighted by Gasteiger charge is 2.10. The Bertz CT molecular complexity index is 655. The minimum atomic E-state index is 0.760. The van der Waals surface area contributed by atoms with E-state index >= 15 is 0 Å². The van der Waals surface area contributed by atoms with Gasteiger partial charge in [0.25, 0.3) is 0 Å². The van der Waals surface area contributed by atoms with Gasteiger partial charge in [-0.2, -0.15) is 4.73 Å². The number of hydrogen-bond acceptors (Lipinski definition) is 2. The van der Waals surface area contributed by atoms with Crippen molar-refractivity contribution in [3.63, 3.8) is 0 Å². The predicted octanol–water partition coefficient (Wildman–Crippen LogP) is 2.74. The second-order valence-electron chi connectivity index (χ2n) is 3.68. The monoisotopic (exact) mass is 198 g/mol. The van der Waals surface area contributed by atoms with Crippen LogP contribution in [0.1, 0.15) is 5.56 Å². The molecule has 0 saturated carbocycles. The minimum absolute atomic E-state index is 0.760. The fourth-order valence-corrected chi connectivity index (χ4v) is 2.06. The number of fused-ring (bicyclic) bond motifs is 3. The molecule has 3 aromatic rings. The molecule has 2 heterocycles. The van der Waals surface area contributed by atoms with E-state index in [0.29, 0.717) is 0 Å². The van der Waals surface area contributed by atoms with E-state index in [1.54, 1.807) is 6.20 Å². The highest BCUT2D eigenvalue weighted by molar-refractivity contribution is 6.08. The molecular weight excluding hydrogens is 188 g/mol. The summed E-state index contributed by atoms with van der Waals surface area (Å²) in [6.07, 6.45) is 3.50. The van der Waals surface area contributed by atoms with E-state index in [1.807, 2.05) is 37.4 Å². The van der Waals surface area contributed by atoms with E-state index in [-0.39, 0.29) is 0 Å². The van der Waals surface area contributed by atoms with Gasteiger partial charge in [0.1, 0.15) is 5.52 Å². The Morgan fingerprint density at radius 3 is 2.80 bits per heavy atom. The van der Waals surface area contributed by atoms with Gasteiger partial charge in [0, 0.05) is 17.0 Å². The van der Waals surface area contributed by atoms with Crippen molar-refractivity contribution in [1.82, 2.24) is 9.71 Å². The molecule has 0 aliphatic heterocycles. The van der Waals surface area contributed by atoms with E-state index in [2.05, 4.69) is 4.98 Å². The van der Waals surface area contributed by atoms with Gasteiger partial charge < -0.3 is 5.21 Å². The normalized spacial score (nSPS) is 11.3. The maximum atomic E-state index is 9.95. The summed E-state index contributed by atoms with van der Waals surface area (Å²) in [5, 5.41) is 12.1. The maximum absolute atomic E-state index is 9.95. The van der Waals surface area contributed by atoms with Gasteiger partial charge in [-0.05, 0) is 18.6 Å². The highest BCUT2D eigenvalue weighted by Crippen LogP contribution is 2.28. The molecule has 2 aromatic heterocycles. The highest BCUT2D eigenvalue weighted by atomic mass is 16.5. The molecule has 0 aliphatic rings. The molecule has 0 atom stereocenters. The van der Waals surface area contributed by atoms with Crippen molar-refractivity contribution >= 4 is 21.8 Å². The van der Waals surface area contributed by atoms with Crippen LogP contribution in [0.3, 0.4) is 0 Å². The lowest BCUT2D eigenvalue weighted by Crippen LogP contribution is -1.89. The van der Waals surface area contributed by atoms with Crippen molar-refractivity contribution in [1.29, 1.82) is 0 Å². The van der Waals surface area contributed by atoms with Crippen LogP contribution in [0.15, 0.2) is 36.7 Å². The molecule has 0 fully saturated rings. The first-order valence-electron chi connectivity index (χ1n) is 4.82. The SMILES string of the molecule is Cc1cncc2c1c1ccccc1n2O. The Hall–Kier alpha value is -2.03. The standard InChI is InChI=1S/C12H10N2O/c1-8-6-13-7-11-12(8)9-4-2-3-5-10(9)14(11)15/h2-7,15H,1H3. The Balaban J connectivity index is 2.70. The molecule has 3 nitrogen and oxygen atoms in total. The molecule has 1 N–H and O–H groups in total. The molecule has 74 valence electrons. The summed E-state index contributed by atoms with van der Waals surface area (Å²) >= 11 is 0. The van der Waals surface area contributed by atoms with E-state index in [4.69, 9.17) is 0 Å². The van der Waals surface area contributed by atoms with Crippen molar-refractivity contribution in [2.24, 2.45) is 0 Å². The molecule has 0 amide bonds. The summed E-state index contributed by atoms with van der Waals surface area (Å²) in [6.45, 7) is 2.00. The fourth-order valence-electron chi connectivity index (χ4n) is 2.06. The van der Waals surface area contributed by atoms with Crippen molar-refractivity contribution in [3.05, 3.63) is 42.2 Å². The molecule has 0 radical (unpaired) electrons. The topological polar surface area (TPSA) is 38.0 Å². The Morgan fingerprint density at radius 1 is 1.13 bits per heavy atom. The molecule has 3 rings (SSSR count). The lowest BCUT2D eigenvalue weighted by Gasteiger charge is -1.95. The van der Waals surface area contributed by atoms with Crippen molar-refractivity contribution in [2.45, 2.75) is 6.92 Å². The van der Waals surface area contributed by atoms with Crippen LogP contribution in [0.5, 0.6) is 0 Å². The Kier molecular flexibility index (Phi) is 1.51. The quantitative estimate of drug-likeness (QED) is 0.564. The van der Waals surface area contributed by atoms with Gasteiger partial charge >= 0.3 is 0 Å². The van der Waals surface area contributed by atoms with E-state index < -0.39 is 0 Å². The van der Waals surface area contributed by atoms with Gasteiger partial charge in [0.05, 0.1) is 11.7 Å². The molecule has 0 bridgehead atoms. The van der Waals surface area contributed by atoms with Crippen LogP contribution in [0.25, 0.3) is 21.8 Å². The summed E-state index contributed by atoms with van der Waals surface area (Å²) < 4.78 is 1.20. The third kappa shape index (κ3) is 0.973. The Morgan fingerprint density at radius 2 is 1.93 bits per heavy atom. The predicted molar refractivity (Wildman–Crippen MR) is 59.2 cm³/mol. The summed E-state index contributed by atoms with van der Waals surface area (Å²) in [4.78, 5) is 4.09. The number of aromatic nitrogens is 2. The second-order valence-corrected chi connectivity index (χ2v) is 3.68. The first kappa shape index (κ1) is 8.29. The van der Waals surface area contributed by atoms with E-state index in [1.165, 1.54) is 4.73 Å². The zero-order chi connectivity index (χ0) is 10.4. The number of rotatable bonds is 0. The number of aryl methyl sites for hydroxylation is 1. The average Bonchev–Trinajstić information content (AvgIpc) is 2.55. The van der Waals surface area contributed by atoms with Gasteiger partial charge in [-0.15, -0.1) is 0 Å². The molecule has 3 heteroatoms. The summed E-state index contributed by atoms with van der Waals surface area (Å²) in [5.41, 5.74) is 2.66. The van der Waals surface area contributed by atoms with E-state index in [9.17, 15) is 5.21 Å².